The van der Waals surface area contributed by atoms with E-state index in [0.29, 0.717) is 57.6 Å². The van der Waals surface area contributed by atoms with E-state index in [2.05, 4.69) is 38.8 Å². The van der Waals surface area contributed by atoms with Gasteiger partial charge in [-0.3, -0.25) is 19.3 Å². The molecule has 3 aromatic carbocycles. The molecule has 2 aliphatic heterocycles. The van der Waals surface area contributed by atoms with Gasteiger partial charge in [0.1, 0.15) is 5.54 Å². The Kier molecular flexibility index (Phi) is 15.4. The Morgan fingerprint density at radius 3 is 1.83 bits per heavy atom. The first-order chi connectivity index (χ1) is 25.6. The fourth-order valence-electron chi connectivity index (χ4n) is 7.34. The van der Waals surface area contributed by atoms with Crippen molar-refractivity contribution in [1.29, 1.82) is 0 Å². The molecular formula is C42H56N4O7. The summed E-state index contributed by atoms with van der Waals surface area (Å²) in [7, 11) is 2.72. The molecular weight excluding hydrogens is 672 g/mol. The Balaban J connectivity index is 0.000000237. The minimum absolute atomic E-state index is 0.0793. The number of methoxy groups -OCH3 is 2. The van der Waals surface area contributed by atoms with Crippen LogP contribution in [0.4, 0.5) is 11.4 Å². The Hall–Kier alpha value is -4.74. The highest BCUT2D eigenvalue weighted by atomic mass is 16.5. The van der Waals surface area contributed by atoms with Crippen LogP contribution in [0.3, 0.4) is 0 Å². The number of benzene rings is 3. The first-order valence-electron chi connectivity index (χ1n) is 18.7. The van der Waals surface area contributed by atoms with E-state index in [4.69, 9.17) is 15.2 Å². The second-order valence-electron chi connectivity index (χ2n) is 13.6. The minimum Gasteiger partial charge on any atom is -0.469 e. The zero-order chi connectivity index (χ0) is 38.3. The molecule has 0 atom stereocenters. The lowest BCUT2D eigenvalue weighted by Gasteiger charge is -2.46. The van der Waals surface area contributed by atoms with E-state index in [9.17, 15) is 19.2 Å². The molecule has 3 aromatic rings. The number of carbonyl (C=O) groups is 4. The maximum absolute atomic E-state index is 12.8. The monoisotopic (exact) mass is 728 g/mol. The number of hydrogen-bond donors (Lipinski definition) is 1. The Morgan fingerprint density at radius 1 is 0.717 bits per heavy atom. The number of para-hydroxylation sites is 1. The maximum atomic E-state index is 12.8. The molecule has 0 spiro atoms. The van der Waals surface area contributed by atoms with Crippen LogP contribution in [0, 0.1) is 0 Å². The molecule has 0 aliphatic carbocycles. The zero-order valence-corrected chi connectivity index (χ0v) is 31.8. The van der Waals surface area contributed by atoms with Gasteiger partial charge in [0.25, 0.3) is 0 Å². The SMILES string of the molecule is CCC(=O)N(c1ccccc1)C1(C(=O)OC)CCN(CCC(=O)OC)CC1.CCOC(=O)C1(c2ccccc2)CCN(CCc2ccc(N)cc2)CC1. The molecule has 0 aromatic heterocycles. The largest absolute Gasteiger partial charge is 0.469 e. The highest BCUT2D eigenvalue weighted by Gasteiger charge is 2.50. The number of hydrogen-bond acceptors (Lipinski definition) is 10. The van der Waals surface area contributed by atoms with Crippen LogP contribution in [-0.2, 0) is 45.2 Å². The number of nitrogen functional groups attached to an aromatic ring is 1. The number of ether oxygens (including phenoxy) is 3. The van der Waals surface area contributed by atoms with Crippen molar-refractivity contribution >= 4 is 35.2 Å². The summed E-state index contributed by atoms with van der Waals surface area (Å²) in [5, 5.41) is 0. The molecule has 286 valence electrons. The topological polar surface area (TPSA) is 132 Å². The number of carbonyl (C=O) groups excluding carboxylic acids is 4. The molecule has 11 heteroatoms. The van der Waals surface area contributed by atoms with Crippen LogP contribution in [0.25, 0.3) is 0 Å². The molecule has 5 rings (SSSR count). The van der Waals surface area contributed by atoms with Gasteiger partial charge in [-0.05, 0) is 87.5 Å². The molecule has 2 heterocycles. The van der Waals surface area contributed by atoms with Gasteiger partial charge in [0.15, 0.2) is 0 Å². The van der Waals surface area contributed by atoms with Crippen molar-refractivity contribution in [2.45, 2.75) is 69.7 Å². The van der Waals surface area contributed by atoms with Gasteiger partial charge in [0, 0.05) is 44.0 Å². The summed E-state index contributed by atoms with van der Waals surface area (Å²) in [5.41, 5.74) is 8.08. The first kappa shape index (κ1) is 41.0. The average Bonchev–Trinajstić information content (AvgIpc) is 3.21. The van der Waals surface area contributed by atoms with Crippen molar-refractivity contribution in [3.05, 3.63) is 96.1 Å². The van der Waals surface area contributed by atoms with Crippen LogP contribution in [0.1, 0.15) is 63.5 Å². The van der Waals surface area contributed by atoms with Crippen LogP contribution < -0.4 is 10.6 Å². The number of nitrogens with two attached hydrogens (primary N) is 1. The third-order valence-electron chi connectivity index (χ3n) is 10.5. The number of piperidine rings is 2. The lowest BCUT2D eigenvalue weighted by atomic mass is 9.72. The van der Waals surface area contributed by atoms with Gasteiger partial charge in [-0.15, -0.1) is 0 Å². The third kappa shape index (κ3) is 10.4. The van der Waals surface area contributed by atoms with E-state index >= 15 is 0 Å². The van der Waals surface area contributed by atoms with Crippen LogP contribution >= 0.6 is 0 Å². The van der Waals surface area contributed by atoms with Crippen molar-refractivity contribution in [3.8, 4) is 0 Å². The van der Waals surface area contributed by atoms with Crippen molar-refractivity contribution in [2.75, 3.05) is 70.7 Å². The van der Waals surface area contributed by atoms with Crippen LogP contribution in [0.15, 0.2) is 84.9 Å². The van der Waals surface area contributed by atoms with Gasteiger partial charge in [-0.25, -0.2) is 4.79 Å². The van der Waals surface area contributed by atoms with Crippen LogP contribution in [0.5, 0.6) is 0 Å². The summed E-state index contributed by atoms with van der Waals surface area (Å²) in [6.07, 6.45) is 4.09. The van der Waals surface area contributed by atoms with Crippen LogP contribution in [-0.4, -0.2) is 99.2 Å². The Labute approximate surface area is 314 Å². The molecule has 0 unspecified atom stereocenters. The van der Waals surface area contributed by atoms with E-state index in [-0.39, 0.29) is 17.8 Å². The fourth-order valence-corrected chi connectivity index (χ4v) is 7.34. The Morgan fingerprint density at radius 2 is 1.28 bits per heavy atom. The van der Waals surface area contributed by atoms with Crippen molar-refractivity contribution in [2.24, 2.45) is 0 Å². The molecule has 2 aliphatic rings. The molecule has 11 nitrogen and oxygen atoms in total. The highest BCUT2D eigenvalue weighted by molar-refractivity contribution is 6.02. The normalized spacial score (nSPS) is 16.7. The lowest BCUT2D eigenvalue weighted by molar-refractivity contribution is -0.152. The summed E-state index contributed by atoms with van der Waals surface area (Å²) in [5.74, 6) is -0.855. The van der Waals surface area contributed by atoms with Crippen molar-refractivity contribution in [3.63, 3.8) is 0 Å². The number of likely N-dealkylation sites (tertiary alicyclic amines) is 2. The summed E-state index contributed by atoms with van der Waals surface area (Å²) >= 11 is 0. The maximum Gasteiger partial charge on any atom is 0.332 e. The fraction of sp³-hybridized carbons (Fsp3) is 0.476. The van der Waals surface area contributed by atoms with E-state index in [1.165, 1.54) is 19.8 Å². The Bertz CT molecular complexity index is 1600. The third-order valence-corrected chi connectivity index (χ3v) is 10.5. The number of nitrogens with zero attached hydrogens (tertiary/aromatic N) is 3. The summed E-state index contributed by atoms with van der Waals surface area (Å²) in [6, 6.07) is 27.4. The molecule has 53 heavy (non-hydrogen) atoms. The first-order valence-corrected chi connectivity index (χ1v) is 18.7. The van der Waals surface area contributed by atoms with Crippen molar-refractivity contribution < 1.29 is 33.4 Å². The number of esters is 3. The second kappa shape index (κ2) is 19.9. The summed E-state index contributed by atoms with van der Waals surface area (Å²) < 4.78 is 15.2. The highest BCUT2D eigenvalue weighted by Crippen LogP contribution is 2.37. The molecule has 2 fully saturated rings. The van der Waals surface area contributed by atoms with Gasteiger partial charge >= 0.3 is 17.9 Å². The average molecular weight is 729 g/mol. The molecule has 2 N–H and O–H groups in total. The van der Waals surface area contributed by atoms with Gasteiger partial charge in [0.2, 0.25) is 5.91 Å². The number of amides is 1. The lowest BCUT2D eigenvalue weighted by Crippen LogP contribution is -2.62. The standard InChI is InChI=1S/C22H28N2O2.C20H28N2O5/c1-2-26-21(25)22(19-6-4-3-5-7-19)13-16-24(17-14-22)15-12-18-8-10-20(23)11-9-18;1-4-17(23)22(16-8-6-5-7-9-16)20(19(25)27-3)11-14-21(15-12-20)13-10-18(24)26-2/h3-11H,2,12-17,23H2,1H3;5-9H,4,10-15H2,1-3H3. The van der Waals surface area contributed by atoms with Gasteiger partial charge in [0.05, 0.1) is 32.7 Å². The van der Waals surface area contributed by atoms with E-state index in [0.717, 1.165) is 50.1 Å². The minimum atomic E-state index is -1.04. The van der Waals surface area contributed by atoms with Gasteiger partial charge in [-0.1, -0.05) is 67.6 Å². The predicted octanol–water partition coefficient (Wildman–Crippen LogP) is 5.41. The van der Waals surface area contributed by atoms with E-state index in [1.54, 1.807) is 11.8 Å². The number of anilines is 2. The summed E-state index contributed by atoms with van der Waals surface area (Å²) in [6.45, 7) is 8.64. The molecule has 2 saturated heterocycles. The van der Waals surface area contributed by atoms with E-state index in [1.807, 2.05) is 67.6 Å². The number of rotatable bonds is 13. The van der Waals surface area contributed by atoms with Crippen LogP contribution in [0.2, 0.25) is 0 Å². The molecule has 1 amide bonds. The quantitative estimate of drug-likeness (QED) is 0.139. The molecule has 0 radical (unpaired) electrons. The molecule has 0 saturated carbocycles. The smallest absolute Gasteiger partial charge is 0.332 e. The zero-order valence-electron chi connectivity index (χ0n) is 31.8. The predicted molar refractivity (Wildman–Crippen MR) is 206 cm³/mol. The summed E-state index contributed by atoms with van der Waals surface area (Å²) in [4.78, 5) is 56.0. The molecule has 0 bridgehead atoms. The van der Waals surface area contributed by atoms with E-state index < -0.39 is 16.9 Å². The van der Waals surface area contributed by atoms with Gasteiger partial charge in [-0.2, -0.15) is 0 Å². The van der Waals surface area contributed by atoms with Gasteiger partial charge < -0.3 is 29.7 Å². The second-order valence-corrected chi connectivity index (χ2v) is 13.6. The van der Waals surface area contributed by atoms with Crippen molar-refractivity contribution in [1.82, 2.24) is 9.80 Å².